The Morgan fingerprint density at radius 1 is 1.19 bits per heavy atom. The quantitative estimate of drug-likeness (QED) is 0.704. The Kier molecular flexibility index (Phi) is 3.79. The molecule has 8 heteroatoms. The van der Waals surface area contributed by atoms with E-state index in [1.54, 1.807) is 23.2 Å². The molecule has 1 spiro atoms. The van der Waals surface area contributed by atoms with Gasteiger partial charge < -0.3 is 14.4 Å². The lowest BCUT2D eigenvalue weighted by Crippen LogP contribution is -2.66. The standard InChI is InChI=1S/C18H20N6O2/c1-2-17(22-24-13-20-21-16(1)24)23-11-18(12-23)9-15(5-8-26-18)25-10-14-3-6-19-7-4-14/h1-4,6-7,13,15H,5,8-12H2/t15-/m1/s1. The van der Waals surface area contributed by atoms with Gasteiger partial charge in [0.1, 0.15) is 17.7 Å². The summed E-state index contributed by atoms with van der Waals surface area (Å²) in [5.41, 5.74) is 1.79. The second-order valence-corrected chi connectivity index (χ2v) is 6.99. The highest BCUT2D eigenvalue weighted by molar-refractivity contribution is 5.48. The zero-order valence-electron chi connectivity index (χ0n) is 14.4. The van der Waals surface area contributed by atoms with Crippen molar-refractivity contribution in [2.45, 2.75) is 31.2 Å². The maximum atomic E-state index is 6.13. The van der Waals surface area contributed by atoms with Gasteiger partial charge in [-0.3, -0.25) is 4.98 Å². The van der Waals surface area contributed by atoms with E-state index in [1.807, 2.05) is 24.3 Å². The van der Waals surface area contributed by atoms with Gasteiger partial charge in [-0.15, -0.1) is 15.3 Å². The van der Waals surface area contributed by atoms with Crippen molar-refractivity contribution in [2.75, 3.05) is 24.6 Å². The molecule has 0 unspecified atom stereocenters. The van der Waals surface area contributed by atoms with E-state index in [2.05, 4.69) is 25.2 Å². The Hall–Kier alpha value is -2.58. The first-order chi connectivity index (χ1) is 12.8. The zero-order chi connectivity index (χ0) is 17.4. The molecule has 3 aromatic heterocycles. The van der Waals surface area contributed by atoms with E-state index in [0.717, 1.165) is 49.6 Å². The average Bonchev–Trinajstić information content (AvgIpc) is 3.13. The summed E-state index contributed by atoms with van der Waals surface area (Å²) in [7, 11) is 0. The molecule has 0 aliphatic carbocycles. The Labute approximate surface area is 150 Å². The van der Waals surface area contributed by atoms with Gasteiger partial charge in [0.2, 0.25) is 0 Å². The first kappa shape index (κ1) is 15.7. The molecule has 3 aromatic rings. The van der Waals surface area contributed by atoms with Gasteiger partial charge in [0, 0.05) is 25.4 Å². The van der Waals surface area contributed by atoms with Gasteiger partial charge in [-0.05, 0) is 36.2 Å². The molecule has 26 heavy (non-hydrogen) atoms. The fourth-order valence-corrected chi connectivity index (χ4v) is 3.74. The molecule has 0 N–H and O–H groups in total. The SMILES string of the molecule is c1cc(CO[C@@H]2CCOC3(C2)CN(c2ccc4nncn4n2)C3)ccn1. The number of hydrogen-bond acceptors (Lipinski definition) is 7. The summed E-state index contributed by atoms with van der Waals surface area (Å²) in [6.45, 7) is 3.04. The lowest BCUT2D eigenvalue weighted by atomic mass is 9.84. The number of fused-ring (bicyclic) bond motifs is 1. The van der Waals surface area contributed by atoms with Crippen LogP contribution in [0.3, 0.4) is 0 Å². The highest BCUT2D eigenvalue weighted by atomic mass is 16.5. The van der Waals surface area contributed by atoms with E-state index in [-0.39, 0.29) is 11.7 Å². The molecule has 2 saturated heterocycles. The lowest BCUT2D eigenvalue weighted by Gasteiger charge is -2.53. The van der Waals surface area contributed by atoms with Gasteiger partial charge in [-0.1, -0.05) is 0 Å². The highest BCUT2D eigenvalue weighted by Gasteiger charge is 2.48. The van der Waals surface area contributed by atoms with Crippen molar-refractivity contribution < 1.29 is 9.47 Å². The fraction of sp³-hybridized carbons (Fsp3) is 0.444. The van der Waals surface area contributed by atoms with Crippen molar-refractivity contribution in [3.8, 4) is 0 Å². The predicted molar refractivity (Wildman–Crippen MR) is 93.7 cm³/mol. The Morgan fingerprint density at radius 2 is 2.08 bits per heavy atom. The minimum Gasteiger partial charge on any atom is -0.373 e. The number of rotatable bonds is 4. The minimum atomic E-state index is -0.120. The third kappa shape index (κ3) is 2.91. The Balaban J connectivity index is 1.20. The summed E-state index contributed by atoms with van der Waals surface area (Å²) in [6.07, 6.45) is 7.31. The van der Waals surface area contributed by atoms with E-state index in [4.69, 9.17) is 9.47 Å². The van der Waals surface area contributed by atoms with Gasteiger partial charge in [-0.25, -0.2) is 0 Å². The fourth-order valence-electron chi connectivity index (χ4n) is 3.74. The van der Waals surface area contributed by atoms with Crippen LogP contribution >= 0.6 is 0 Å². The van der Waals surface area contributed by atoms with Crippen LogP contribution in [0.25, 0.3) is 5.65 Å². The normalized spacial score (nSPS) is 21.8. The molecular formula is C18H20N6O2. The average molecular weight is 352 g/mol. The second-order valence-electron chi connectivity index (χ2n) is 6.99. The number of ether oxygens (including phenoxy) is 2. The summed E-state index contributed by atoms with van der Waals surface area (Å²) in [5, 5.41) is 12.4. The van der Waals surface area contributed by atoms with Crippen molar-refractivity contribution >= 4 is 11.5 Å². The summed E-state index contributed by atoms with van der Waals surface area (Å²) in [4.78, 5) is 6.27. The lowest BCUT2D eigenvalue weighted by molar-refractivity contribution is -0.148. The van der Waals surface area contributed by atoms with Gasteiger partial charge >= 0.3 is 0 Å². The molecule has 0 radical (unpaired) electrons. The van der Waals surface area contributed by atoms with Crippen molar-refractivity contribution in [3.05, 3.63) is 48.5 Å². The van der Waals surface area contributed by atoms with Crippen molar-refractivity contribution in [1.29, 1.82) is 0 Å². The monoisotopic (exact) mass is 352 g/mol. The van der Waals surface area contributed by atoms with E-state index >= 15 is 0 Å². The van der Waals surface area contributed by atoms with E-state index in [0.29, 0.717) is 6.61 Å². The molecule has 1 atom stereocenters. The van der Waals surface area contributed by atoms with Crippen LogP contribution in [0.4, 0.5) is 5.82 Å². The molecule has 5 heterocycles. The molecule has 0 saturated carbocycles. The maximum Gasteiger partial charge on any atom is 0.177 e. The number of hydrogen-bond donors (Lipinski definition) is 0. The van der Waals surface area contributed by atoms with Crippen LogP contribution in [0.2, 0.25) is 0 Å². The van der Waals surface area contributed by atoms with E-state index < -0.39 is 0 Å². The molecule has 8 nitrogen and oxygen atoms in total. The maximum absolute atomic E-state index is 6.13. The number of anilines is 1. The molecule has 0 bridgehead atoms. The summed E-state index contributed by atoms with van der Waals surface area (Å²) in [5.74, 6) is 0.923. The van der Waals surface area contributed by atoms with Gasteiger partial charge in [0.05, 0.1) is 25.8 Å². The summed E-state index contributed by atoms with van der Waals surface area (Å²) < 4.78 is 13.9. The van der Waals surface area contributed by atoms with Crippen LogP contribution in [0.5, 0.6) is 0 Å². The summed E-state index contributed by atoms with van der Waals surface area (Å²) >= 11 is 0. The highest BCUT2D eigenvalue weighted by Crippen LogP contribution is 2.37. The van der Waals surface area contributed by atoms with Crippen LogP contribution in [0.15, 0.2) is 43.0 Å². The smallest absolute Gasteiger partial charge is 0.177 e. The molecule has 0 amide bonds. The van der Waals surface area contributed by atoms with Crippen LogP contribution in [-0.4, -0.2) is 56.2 Å². The molecule has 2 fully saturated rings. The topological polar surface area (TPSA) is 77.7 Å². The van der Waals surface area contributed by atoms with Crippen LogP contribution in [0.1, 0.15) is 18.4 Å². The first-order valence-corrected chi connectivity index (χ1v) is 8.86. The number of nitrogens with zero attached hydrogens (tertiary/aromatic N) is 6. The summed E-state index contributed by atoms with van der Waals surface area (Å²) in [6, 6.07) is 7.90. The predicted octanol–water partition coefficient (Wildman–Crippen LogP) is 1.47. The third-order valence-electron chi connectivity index (χ3n) is 5.11. The molecule has 2 aliphatic rings. The number of aromatic nitrogens is 5. The zero-order valence-corrected chi connectivity index (χ0v) is 14.4. The van der Waals surface area contributed by atoms with Gasteiger partial charge in [0.25, 0.3) is 0 Å². The third-order valence-corrected chi connectivity index (χ3v) is 5.11. The molecular weight excluding hydrogens is 332 g/mol. The van der Waals surface area contributed by atoms with Crippen molar-refractivity contribution in [3.63, 3.8) is 0 Å². The number of pyridine rings is 1. The van der Waals surface area contributed by atoms with Gasteiger partial charge in [0.15, 0.2) is 5.65 Å². The Morgan fingerprint density at radius 3 is 2.96 bits per heavy atom. The molecule has 5 rings (SSSR count). The molecule has 0 aromatic carbocycles. The van der Waals surface area contributed by atoms with Crippen molar-refractivity contribution in [2.24, 2.45) is 0 Å². The molecule has 134 valence electrons. The first-order valence-electron chi connectivity index (χ1n) is 8.86. The van der Waals surface area contributed by atoms with Crippen molar-refractivity contribution in [1.82, 2.24) is 24.8 Å². The molecule has 2 aliphatic heterocycles. The largest absolute Gasteiger partial charge is 0.373 e. The van der Waals surface area contributed by atoms with Crippen LogP contribution < -0.4 is 4.90 Å². The minimum absolute atomic E-state index is 0.120. The Bertz CT molecular complexity index is 893. The van der Waals surface area contributed by atoms with Crippen LogP contribution in [-0.2, 0) is 16.1 Å². The van der Waals surface area contributed by atoms with Gasteiger partial charge in [-0.2, -0.15) is 4.52 Å². The van der Waals surface area contributed by atoms with Crippen LogP contribution in [0, 0.1) is 0 Å². The second kappa shape index (κ2) is 6.30. The van der Waals surface area contributed by atoms with E-state index in [1.165, 1.54) is 0 Å². The van der Waals surface area contributed by atoms with E-state index in [9.17, 15) is 0 Å².